The van der Waals surface area contributed by atoms with Crippen LogP contribution in [0.15, 0.2) is 57.5 Å². The monoisotopic (exact) mass is 689 g/mol. The van der Waals surface area contributed by atoms with E-state index in [4.69, 9.17) is 33.6 Å². The number of hydrogen-bond donors (Lipinski definition) is 4. The first kappa shape index (κ1) is 30.4. The number of carbonyl (C=O) groups is 3. The zero-order valence-corrected chi connectivity index (χ0v) is 26.5. The molecule has 234 valence electrons. The van der Waals surface area contributed by atoms with E-state index in [1.165, 1.54) is 30.2 Å². The average molecular weight is 690 g/mol. The summed E-state index contributed by atoms with van der Waals surface area (Å²) in [6, 6.07) is 2.78. The maximum Gasteiger partial charge on any atom is 0.307 e. The van der Waals surface area contributed by atoms with Crippen molar-refractivity contribution in [1.29, 1.82) is 0 Å². The molecule has 16 nitrogen and oxygen atoms in total. The number of thiazole rings is 1. The number of halogens is 1. The van der Waals surface area contributed by atoms with Crippen LogP contribution in [-0.4, -0.2) is 72.8 Å². The molecule has 1 fully saturated rings. The highest BCUT2D eigenvalue weighted by Gasteiger charge is 2.53. The van der Waals surface area contributed by atoms with Crippen LogP contribution in [-0.2, 0) is 32.3 Å². The molecule has 2 aliphatic rings. The lowest BCUT2D eigenvalue weighted by atomic mass is 10.0. The van der Waals surface area contributed by atoms with E-state index in [-0.39, 0.29) is 44.8 Å². The molecule has 45 heavy (non-hydrogen) atoms. The Morgan fingerprint density at radius 1 is 1.33 bits per heavy atom. The van der Waals surface area contributed by atoms with E-state index in [1.807, 2.05) is 49.9 Å². The Morgan fingerprint density at radius 3 is 2.82 bits per heavy atom. The standard InChI is InChI=1S/C25H24ClN11O5S3/c1-42-33-16(15-19(26)45-25(29)32-15)20(38)31-17-21(39)37-18(23(40)41)11(9-44-22(17)37)7-35-3-2-14-34(4-5-36(14)35)8-13-6-12(10-43-13)30-24(27)28/h2-6,10,17,22H,7-9H2,1H3,(H7-,27,28,29,30,31,32,38,40,41)/b33-16-/t17-,22-/m1/s1. The molecule has 7 N–H and O–H groups in total. The fourth-order valence-corrected chi connectivity index (χ4v) is 8.14. The van der Waals surface area contributed by atoms with Gasteiger partial charge in [-0.15, -0.1) is 27.6 Å². The lowest BCUT2D eigenvalue weighted by molar-refractivity contribution is -0.661. The second-order valence-corrected chi connectivity index (χ2v) is 13.5. The molecule has 2 amide bonds. The average Bonchev–Trinajstić information content (AvgIpc) is 3.77. The van der Waals surface area contributed by atoms with Crippen molar-refractivity contribution in [2.45, 2.75) is 24.5 Å². The Hall–Kier alpha value is -4.59. The molecule has 6 rings (SSSR count). The number of imidazole rings is 1. The third-order valence-electron chi connectivity index (χ3n) is 6.92. The van der Waals surface area contributed by atoms with Gasteiger partial charge in [-0.25, -0.2) is 19.2 Å². The molecule has 4 aromatic rings. The van der Waals surface area contributed by atoms with Crippen molar-refractivity contribution in [2.24, 2.45) is 21.6 Å². The molecule has 6 heterocycles. The van der Waals surface area contributed by atoms with Crippen LogP contribution in [0.5, 0.6) is 0 Å². The lowest BCUT2D eigenvalue weighted by Gasteiger charge is -2.50. The van der Waals surface area contributed by atoms with Gasteiger partial charge in [-0.3, -0.25) is 14.5 Å². The Kier molecular flexibility index (Phi) is 8.16. The molecule has 2 atom stereocenters. The van der Waals surface area contributed by atoms with Crippen molar-refractivity contribution < 1.29 is 28.9 Å². The number of amides is 2. The molecule has 0 unspecified atom stereocenters. The predicted molar refractivity (Wildman–Crippen MR) is 167 cm³/mol. The summed E-state index contributed by atoms with van der Waals surface area (Å²) >= 11 is 9.94. The number of aliphatic imine (C=N–C) groups is 1. The number of nitrogens with zero attached hydrogens (tertiary/aromatic N) is 7. The highest BCUT2D eigenvalue weighted by Crippen LogP contribution is 2.40. The Morgan fingerprint density at radius 2 is 2.13 bits per heavy atom. The van der Waals surface area contributed by atoms with Crippen LogP contribution in [0.4, 0.5) is 10.8 Å². The van der Waals surface area contributed by atoms with E-state index in [9.17, 15) is 19.5 Å². The number of aromatic nitrogens is 4. The second kappa shape index (κ2) is 12.1. The van der Waals surface area contributed by atoms with Gasteiger partial charge in [0.05, 0.1) is 36.2 Å². The molecule has 1 saturated heterocycles. The molecular formula is C25H24ClN11O5S3. The quantitative estimate of drug-likeness (QED) is 0.0532. The zero-order valence-electron chi connectivity index (χ0n) is 23.2. The van der Waals surface area contributed by atoms with Gasteiger partial charge in [0.15, 0.2) is 23.0 Å². The summed E-state index contributed by atoms with van der Waals surface area (Å²) in [6.45, 7) is 0.758. The van der Waals surface area contributed by atoms with Crippen LogP contribution >= 0.6 is 46.0 Å². The summed E-state index contributed by atoms with van der Waals surface area (Å²) in [7, 11) is 1.24. The molecule has 0 radical (unpaired) electrons. The normalized spacial score (nSPS) is 18.1. The number of aliphatic carboxylic acids is 1. The van der Waals surface area contributed by atoms with Crippen molar-refractivity contribution in [3.8, 4) is 0 Å². The number of hydrogen-bond acceptors (Lipinski definition) is 12. The molecular weight excluding hydrogens is 666 g/mol. The van der Waals surface area contributed by atoms with Gasteiger partial charge in [0.2, 0.25) is 0 Å². The van der Waals surface area contributed by atoms with Gasteiger partial charge in [0.1, 0.15) is 41.3 Å². The highest BCUT2D eigenvalue weighted by molar-refractivity contribution is 8.00. The number of carbonyl (C=O) groups excluding carboxylic acids is 3. The number of nitrogens with two attached hydrogens (primary N) is 3. The third-order valence-corrected chi connectivity index (χ3v) is 10.3. The first-order chi connectivity index (χ1) is 21.5. The van der Waals surface area contributed by atoms with Crippen LogP contribution in [0.2, 0.25) is 4.34 Å². The van der Waals surface area contributed by atoms with E-state index < -0.39 is 29.2 Å². The first-order valence-corrected chi connectivity index (χ1v) is 16.1. The number of carboxylic acids is 1. The number of rotatable bonds is 10. The van der Waals surface area contributed by atoms with Gasteiger partial charge >= 0.3 is 5.65 Å². The largest absolute Gasteiger partial charge is 0.543 e. The maximum atomic E-state index is 13.2. The smallest absolute Gasteiger partial charge is 0.307 e. The number of nitrogens with one attached hydrogen (secondary N) is 1. The number of anilines is 1. The summed E-state index contributed by atoms with van der Waals surface area (Å²) in [4.78, 5) is 53.7. The number of oxime groups is 1. The molecule has 0 aliphatic carbocycles. The van der Waals surface area contributed by atoms with Gasteiger partial charge in [-0.05, 0) is 11.6 Å². The van der Waals surface area contributed by atoms with Gasteiger partial charge < -0.3 is 37.3 Å². The van der Waals surface area contributed by atoms with E-state index in [0.717, 1.165) is 26.8 Å². The highest BCUT2D eigenvalue weighted by atomic mass is 35.5. The fraction of sp³-hybridized carbons (Fsp3) is 0.240. The summed E-state index contributed by atoms with van der Waals surface area (Å²) < 4.78 is 5.87. The fourth-order valence-electron chi connectivity index (χ4n) is 5.08. The molecule has 20 heteroatoms. The van der Waals surface area contributed by atoms with Crippen LogP contribution in [0.3, 0.4) is 0 Å². The van der Waals surface area contributed by atoms with E-state index in [2.05, 4.69) is 20.4 Å². The number of β-lactam (4-membered cyclic amide) rings is 1. The zero-order chi connectivity index (χ0) is 32.0. The van der Waals surface area contributed by atoms with Crippen LogP contribution < -0.4 is 32.2 Å². The Labute approximate surface area is 271 Å². The SMILES string of the molecule is CO/N=C(\C(=O)N[C@@H]1C(=O)N2C(C(=O)[O-])=C(Cn3ccc4n3cc[n+]4Cc3cc(N=C(N)N)cs3)CS[C@H]12)c1nc(N)sc1Cl. The Bertz CT molecular complexity index is 1940. The van der Waals surface area contributed by atoms with Gasteiger partial charge in [0.25, 0.3) is 11.8 Å². The summed E-state index contributed by atoms with van der Waals surface area (Å²) in [5.41, 5.74) is 18.2. The number of guanidine groups is 1. The number of thiophene rings is 1. The van der Waals surface area contributed by atoms with Crippen LogP contribution in [0, 0.1) is 0 Å². The summed E-state index contributed by atoms with van der Waals surface area (Å²) in [5.74, 6) is -2.61. The summed E-state index contributed by atoms with van der Waals surface area (Å²) in [6.07, 6.45) is 5.60. The molecule has 0 saturated carbocycles. The number of fused-ring (bicyclic) bond motifs is 2. The molecule has 4 aromatic heterocycles. The van der Waals surface area contributed by atoms with Crippen molar-refractivity contribution in [1.82, 2.24) is 24.4 Å². The second-order valence-electron chi connectivity index (χ2n) is 9.75. The Balaban J connectivity index is 1.19. The van der Waals surface area contributed by atoms with Gasteiger partial charge in [0, 0.05) is 16.0 Å². The first-order valence-electron chi connectivity index (χ1n) is 13.0. The minimum atomic E-state index is -1.49. The molecule has 0 spiro atoms. The van der Waals surface area contributed by atoms with Crippen molar-refractivity contribution >= 4 is 92.0 Å². The van der Waals surface area contributed by atoms with Crippen LogP contribution in [0.25, 0.3) is 5.65 Å². The van der Waals surface area contributed by atoms with Gasteiger partial charge in [-0.1, -0.05) is 28.1 Å². The number of thioether (sulfide) groups is 1. The third kappa shape index (κ3) is 5.70. The molecule has 0 aromatic carbocycles. The lowest BCUT2D eigenvalue weighted by Crippen LogP contribution is -2.71. The topological polar surface area (TPSA) is 228 Å². The van der Waals surface area contributed by atoms with Crippen molar-refractivity contribution in [3.05, 3.63) is 62.3 Å². The molecule has 2 aliphatic heterocycles. The minimum Gasteiger partial charge on any atom is -0.543 e. The minimum absolute atomic E-state index is 0.00602. The van der Waals surface area contributed by atoms with Gasteiger partial charge in [-0.2, -0.15) is 0 Å². The number of carboxylic acid groups (broad SMARTS) is 1. The predicted octanol–water partition coefficient (Wildman–Crippen LogP) is -0.810. The maximum absolute atomic E-state index is 13.2. The molecule has 0 bridgehead atoms. The van der Waals surface area contributed by atoms with E-state index in [1.54, 1.807) is 0 Å². The van der Waals surface area contributed by atoms with Crippen molar-refractivity contribution in [3.63, 3.8) is 0 Å². The van der Waals surface area contributed by atoms with Crippen molar-refractivity contribution in [2.75, 3.05) is 18.6 Å². The van der Waals surface area contributed by atoms with Crippen LogP contribution in [0.1, 0.15) is 10.6 Å². The van der Waals surface area contributed by atoms with E-state index >= 15 is 0 Å². The summed E-state index contributed by atoms with van der Waals surface area (Å²) in [5, 5.41) is 20.0. The number of nitrogen functional groups attached to an aromatic ring is 1. The van der Waals surface area contributed by atoms with E-state index in [0.29, 0.717) is 17.8 Å².